The third kappa shape index (κ3) is 5.33. The van der Waals surface area contributed by atoms with Crippen molar-refractivity contribution in [3.63, 3.8) is 0 Å². The average Bonchev–Trinajstić information content (AvgIpc) is 2.69. The smallest absolute Gasteiger partial charge is 0.227 e. The molecule has 3 rings (SSSR count). The standard InChI is InChI=1S/C22H28N2O2/c1-26-21-11-5-9-19(17-21)10-6-12-23-13-15-24(16-14-23)22(25)18-20-7-3-2-4-8-20/h2-5,7-9,11,17H,6,10,12-16,18H2,1H3. The van der Waals surface area contributed by atoms with E-state index in [9.17, 15) is 4.79 Å². The topological polar surface area (TPSA) is 32.8 Å². The largest absolute Gasteiger partial charge is 0.497 e. The van der Waals surface area contributed by atoms with Gasteiger partial charge in [-0.1, -0.05) is 42.5 Å². The first kappa shape index (κ1) is 18.5. The summed E-state index contributed by atoms with van der Waals surface area (Å²) in [7, 11) is 1.71. The van der Waals surface area contributed by atoms with Crippen molar-refractivity contribution in [2.45, 2.75) is 19.3 Å². The first-order chi connectivity index (χ1) is 12.7. The van der Waals surface area contributed by atoms with E-state index < -0.39 is 0 Å². The molecule has 0 atom stereocenters. The van der Waals surface area contributed by atoms with Crippen LogP contribution in [0.3, 0.4) is 0 Å². The highest BCUT2D eigenvalue weighted by atomic mass is 16.5. The van der Waals surface area contributed by atoms with Gasteiger partial charge < -0.3 is 9.64 Å². The third-order valence-electron chi connectivity index (χ3n) is 5.00. The summed E-state index contributed by atoms with van der Waals surface area (Å²) in [4.78, 5) is 16.9. The molecule has 4 heteroatoms. The Kier molecular flexibility index (Phi) is 6.67. The van der Waals surface area contributed by atoms with E-state index in [4.69, 9.17) is 4.74 Å². The molecule has 2 aromatic rings. The molecule has 0 aliphatic carbocycles. The van der Waals surface area contributed by atoms with Crippen molar-refractivity contribution in [1.82, 2.24) is 9.80 Å². The molecule has 138 valence electrons. The Morgan fingerprint density at radius 1 is 0.962 bits per heavy atom. The maximum absolute atomic E-state index is 12.4. The monoisotopic (exact) mass is 352 g/mol. The second-order valence-corrected chi connectivity index (χ2v) is 6.84. The Labute approximate surface area is 156 Å². The van der Waals surface area contributed by atoms with Crippen LogP contribution in [0.5, 0.6) is 5.75 Å². The predicted octanol–water partition coefficient (Wildman–Crippen LogP) is 3.01. The van der Waals surface area contributed by atoms with Gasteiger partial charge in [0.05, 0.1) is 13.5 Å². The minimum Gasteiger partial charge on any atom is -0.497 e. The van der Waals surface area contributed by atoms with Gasteiger partial charge in [-0.2, -0.15) is 0 Å². The number of nitrogens with zero attached hydrogens (tertiary/aromatic N) is 2. The molecule has 1 heterocycles. The lowest BCUT2D eigenvalue weighted by atomic mass is 10.1. The first-order valence-electron chi connectivity index (χ1n) is 9.41. The lowest BCUT2D eigenvalue weighted by Gasteiger charge is -2.34. The van der Waals surface area contributed by atoms with Gasteiger partial charge in [0.1, 0.15) is 5.75 Å². The van der Waals surface area contributed by atoms with Crippen molar-refractivity contribution in [3.05, 3.63) is 65.7 Å². The summed E-state index contributed by atoms with van der Waals surface area (Å²) in [5.41, 5.74) is 2.42. The number of piperazine rings is 1. The van der Waals surface area contributed by atoms with Crippen molar-refractivity contribution >= 4 is 5.91 Å². The molecule has 1 amide bonds. The number of hydrogen-bond acceptors (Lipinski definition) is 3. The molecule has 1 aliphatic rings. The highest BCUT2D eigenvalue weighted by Crippen LogP contribution is 2.14. The van der Waals surface area contributed by atoms with Crippen molar-refractivity contribution in [3.8, 4) is 5.75 Å². The summed E-state index contributed by atoms with van der Waals surface area (Å²) < 4.78 is 5.28. The molecule has 4 nitrogen and oxygen atoms in total. The summed E-state index contributed by atoms with van der Waals surface area (Å²) >= 11 is 0. The minimum atomic E-state index is 0.243. The van der Waals surface area contributed by atoms with E-state index in [1.807, 2.05) is 47.4 Å². The zero-order chi connectivity index (χ0) is 18.2. The summed E-state index contributed by atoms with van der Waals surface area (Å²) in [6.07, 6.45) is 2.70. The van der Waals surface area contributed by atoms with Crippen LogP contribution in [-0.4, -0.2) is 55.5 Å². The average molecular weight is 352 g/mol. The molecule has 1 aliphatic heterocycles. The number of hydrogen-bond donors (Lipinski definition) is 0. The molecule has 0 bridgehead atoms. The Morgan fingerprint density at radius 2 is 1.69 bits per heavy atom. The van der Waals surface area contributed by atoms with Gasteiger partial charge >= 0.3 is 0 Å². The van der Waals surface area contributed by atoms with Gasteiger partial charge in [-0.05, 0) is 42.6 Å². The van der Waals surface area contributed by atoms with Gasteiger partial charge in [-0.3, -0.25) is 9.69 Å². The Balaban J connectivity index is 1.37. The van der Waals surface area contributed by atoms with Gasteiger partial charge in [0.15, 0.2) is 0 Å². The van der Waals surface area contributed by atoms with Gasteiger partial charge in [0.25, 0.3) is 0 Å². The number of rotatable bonds is 7. The van der Waals surface area contributed by atoms with Crippen LogP contribution in [0.1, 0.15) is 17.5 Å². The highest BCUT2D eigenvalue weighted by molar-refractivity contribution is 5.78. The van der Waals surface area contributed by atoms with Gasteiger partial charge in [-0.25, -0.2) is 0 Å². The van der Waals surface area contributed by atoms with Gasteiger partial charge in [0.2, 0.25) is 5.91 Å². The van der Waals surface area contributed by atoms with E-state index in [1.54, 1.807) is 7.11 Å². The summed E-state index contributed by atoms with van der Waals surface area (Å²) in [6, 6.07) is 18.3. The minimum absolute atomic E-state index is 0.243. The maximum atomic E-state index is 12.4. The Hall–Kier alpha value is -2.33. The second kappa shape index (κ2) is 9.39. The van der Waals surface area contributed by atoms with E-state index in [-0.39, 0.29) is 5.91 Å². The molecule has 1 saturated heterocycles. The lowest BCUT2D eigenvalue weighted by Crippen LogP contribution is -2.49. The predicted molar refractivity (Wildman–Crippen MR) is 104 cm³/mol. The van der Waals surface area contributed by atoms with Crippen LogP contribution in [0.15, 0.2) is 54.6 Å². The summed E-state index contributed by atoms with van der Waals surface area (Å²) in [6.45, 7) is 4.70. The second-order valence-electron chi connectivity index (χ2n) is 6.84. The van der Waals surface area contributed by atoms with Crippen LogP contribution in [0.25, 0.3) is 0 Å². The normalized spacial score (nSPS) is 15.0. The Bertz CT molecular complexity index is 694. The number of carbonyl (C=O) groups is 1. The third-order valence-corrected chi connectivity index (χ3v) is 5.00. The van der Waals surface area contributed by atoms with E-state index in [2.05, 4.69) is 17.0 Å². The highest BCUT2D eigenvalue weighted by Gasteiger charge is 2.20. The summed E-state index contributed by atoms with van der Waals surface area (Å²) in [5, 5.41) is 0. The van der Waals surface area contributed by atoms with Crippen molar-refractivity contribution in [2.75, 3.05) is 39.8 Å². The molecular weight excluding hydrogens is 324 g/mol. The maximum Gasteiger partial charge on any atom is 0.227 e. The number of aryl methyl sites for hydroxylation is 1. The molecule has 26 heavy (non-hydrogen) atoms. The fourth-order valence-electron chi connectivity index (χ4n) is 3.44. The molecule has 0 N–H and O–H groups in total. The van der Waals surface area contributed by atoms with Crippen molar-refractivity contribution in [2.24, 2.45) is 0 Å². The van der Waals surface area contributed by atoms with Crippen molar-refractivity contribution in [1.29, 1.82) is 0 Å². The van der Waals surface area contributed by atoms with Gasteiger partial charge in [-0.15, -0.1) is 0 Å². The fraction of sp³-hybridized carbons (Fsp3) is 0.409. The molecule has 0 radical (unpaired) electrons. The van der Waals surface area contributed by atoms with Crippen LogP contribution in [0.2, 0.25) is 0 Å². The zero-order valence-corrected chi connectivity index (χ0v) is 15.6. The SMILES string of the molecule is COc1cccc(CCCN2CCN(C(=O)Cc3ccccc3)CC2)c1. The number of amides is 1. The molecule has 0 aromatic heterocycles. The Morgan fingerprint density at radius 3 is 2.42 bits per heavy atom. The van der Waals surface area contributed by atoms with Crippen LogP contribution >= 0.6 is 0 Å². The first-order valence-corrected chi connectivity index (χ1v) is 9.41. The quantitative estimate of drug-likeness (QED) is 0.768. The number of methoxy groups -OCH3 is 1. The number of benzene rings is 2. The number of ether oxygens (including phenoxy) is 1. The molecule has 0 saturated carbocycles. The van der Waals surface area contributed by atoms with E-state index in [0.29, 0.717) is 6.42 Å². The molecule has 2 aromatic carbocycles. The molecule has 0 unspecified atom stereocenters. The molecular formula is C22H28N2O2. The van der Waals surface area contributed by atoms with Crippen LogP contribution in [0.4, 0.5) is 0 Å². The zero-order valence-electron chi connectivity index (χ0n) is 15.6. The number of carbonyl (C=O) groups excluding carboxylic acids is 1. The van der Waals surface area contributed by atoms with Crippen LogP contribution in [-0.2, 0) is 17.6 Å². The molecule has 0 spiro atoms. The fourth-order valence-corrected chi connectivity index (χ4v) is 3.44. The van der Waals surface area contributed by atoms with Crippen molar-refractivity contribution < 1.29 is 9.53 Å². The van der Waals surface area contributed by atoms with E-state index in [0.717, 1.165) is 56.9 Å². The van der Waals surface area contributed by atoms with Crippen LogP contribution < -0.4 is 4.74 Å². The van der Waals surface area contributed by atoms with E-state index >= 15 is 0 Å². The summed E-state index contributed by atoms with van der Waals surface area (Å²) in [5.74, 6) is 1.17. The van der Waals surface area contributed by atoms with Crippen LogP contribution in [0, 0.1) is 0 Å². The lowest BCUT2D eigenvalue weighted by molar-refractivity contribution is -0.132. The van der Waals surface area contributed by atoms with Gasteiger partial charge in [0, 0.05) is 26.2 Å². The van der Waals surface area contributed by atoms with E-state index in [1.165, 1.54) is 5.56 Å². The molecule has 1 fully saturated rings.